The van der Waals surface area contributed by atoms with Crippen molar-refractivity contribution >= 4 is 11.6 Å². The summed E-state index contributed by atoms with van der Waals surface area (Å²) in [6, 6.07) is 9.99. The standard InChI is InChI=1S/C12H11ClN2/c1-8-9(2)12(13)15-14-11(8)10-6-4-3-5-7-10/h3-7H,1-2H3. The van der Waals surface area contributed by atoms with Crippen molar-refractivity contribution in [3.05, 3.63) is 46.6 Å². The van der Waals surface area contributed by atoms with Crippen LogP contribution in [-0.4, -0.2) is 10.2 Å². The largest absolute Gasteiger partial charge is 0.154 e. The highest BCUT2D eigenvalue weighted by atomic mass is 35.5. The Morgan fingerprint density at radius 1 is 0.933 bits per heavy atom. The van der Waals surface area contributed by atoms with Crippen molar-refractivity contribution in [3.8, 4) is 11.3 Å². The van der Waals surface area contributed by atoms with Gasteiger partial charge in [0.2, 0.25) is 0 Å². The van der Waals surface area contributed by atoms with E-state index in [2.05, 4.69) is 10.2 Å². The molecule has 0 N–H and O–H groups in total. The topological polar surface area (TPSA) is 25.8 Å². The summed E-state index contributed by atoms with van der Waals surface area (Å²) in [7, 11) is 0. The summed E-state index contributed by atoms with van der Waals surface area (Å²) in [5, 5.41) is 8.54. The Bertz CT molecular complexity index is 480. The molecule has 2 nitrogen and oxygen atoms in total. The first kappa shape index (κ1) is 10.1. The van der Waals surface area contributed by atoms with E-state index in [0.717, 1.165) is 22.4 Å². The summed E-state index contributed by atoms with van der Waals surface area (Å²) >= 11 is 5.90. The van der Waals surface area contributed by atoms with E-state index < -0.39 is 0 Å². The van der Waals surface area contributed by atoms with Gasteiger partial charge < -0.3 is 0 Å². The van der Waals surface area contributed by atoms with Crippen LogP contribution < -0.4 is 0 Å². The monoisotopic (exact) mass is 218 g/mol. The number of hydrogen-bond acceptors (Lipinski definition) is 2. The Labute approximate surface area is 93.9 Å². The lowest BCUT2D eigenvalue weighted by Gasteiger charge is -2.07. The van der Waals surface area contributed by atoms with Gasteiger partial charge in [-0.2, -0.15) is 0 Å². The van der Waals surface area contributed by atoms with Gasteiger partial charge in [0.25, 0.3) is 0 Å². The van der Waals surface area contributed by atoms with Gasteiger partial charge in [-0.25, -0.2) is 0 Å². The number of hydrogen-bond donors (Lipinski definition) is 0. The number of nitrogens with zero attached hydrogens (tertiary/aromatic N) is 2. The van der Waals surface area contributed by atoms with Crippen LogP contribution in [0.5, 0.6) is 0 Å². The Kier molecular flexibility index (Phi) is 2.69. The molecule has 0 aliphatic rings. The van der Waals surface area contributed by atoms with Gasteiger partial charge in [-0.15, -0.1) is 10.2 Å². The SMILES string of the molecule is Cc1c(Cl)nnc(-c2ccccc2)c1C. The zero-order chi connectivity index (χ0) is 10.8. The number of aromatic nitrogens is 2. The third-order valence-corrected chi connectivity index (χ3v) is 2.87. The highest BCUT2D eigenvalue weighted by Gasteiger charge is 2.09. The van der Waals surface area contributed by atoms with Gasteiger partial charge in [0.05, 0.1) is 5.69 Å². The van der Waals surface area contributed by atoms with Crippen molar-refractivity contribution in [1.82, 2.24) is 10.2 Å². The lowest BCUT2D eigenvalue weighted by atomic mass is 10.0. The van der Waals surface area contributed by atoms with Gasteiger partial charge in [0.15, 0.2) is 5.15 Å². The summed E-state index contributed by atoms with van der Waals surface area (Å²) in [5.74, 6) is 0. The third-order valence-electron chi connectivity index (χ3n) is 2.51. The van der Waals surface area contributed by atoms with Crippen LogP contribution >= 0.6 is 11.6 Å². The first-order chi connectivity index (χ1) is 7.20. The Morgan fingerprint density at radius 3 is 2.27 bits per heavy atom. The molecule has 0 atom stereocenters. The lowest BCUT2D eigenvalue weighted by Crippen LogP contribution is -1.96. The van der Waals surface area contributed by atoms with Gasteiger partial charge in [0.1, 0.15) is 0 Å². The summed E-state index contributed by atoms with van der Waals surface area (Å²) in [4.78, 5) is 0. The fourth-order valence-corrected chi connectivity index (χ4v) is 1.63. The van der Waals surface area contributed by atoms with Crippen LogP contribution in [0.2, 0.25) is 5.15 Å². The van der Waals surface area contributed by atoms with E-state index in [-0.39, 0.29) is 0 Å². The molecule has 0 saturated heterocycles. The van der Waals surface area contributed by atoms with E-state index in [1.165, 1.54) is 0 Å². The maximum atomic E-state index is 5.90. The quantitative estimate of drug-likeness (QED) is 0.733. The second kappa shape index (κ2) is 3.99. The van der Waals surface area contributed by atoms with E-state index in [1.54, 1.807) is 0 Å². The second-order valence-corrected chi connectivity index (χ2v) is 3.81. The van der Waals surface area contributed by atoms with E-state index in [0.29, 0.717) is 5.15 Å². The molecule has 1 heterocycles. The molecule has 3 heteroatoms. The minimum absolute atomic E-state index is 0.479. The normalized spacial score (nSPS) is 10.3. The van der Waals surface area contributed by atoms with Crippen LogP contribution in [0.25, 0.3) is 11.3 Å². The van der Waals surface area contributed by atoms with Crippen molar-refractivity contribution < 1.29 is 0 Å². The molecule has 0 amide bonds. The second-order valence-electron chi connectivity index (χ2n) is 3.46. The molecule has 2 rings (SSSR count). The molecule has 0 spiro atoms. The van der Waals surface area contributed by atoms with E-state index in [1.807, 2.05) is 44.2 Å². The molecular weight excluding hydrogens is 208 g/mol. The number of benzene rings is 1. The van der Waals surface area contributed by atoms with Gasteiger partial charge in [-0.1, -0.05) is 41.9 Å². The van der Waals surface area contributed by atoms with Crippen molar-refractivity contribution in [2.75, 3.05) is 0 Å². The maximum absolute atomic E-state index is 5.90. The fourth-order valence-electron chi connectivity index (χ4n) is 1.45. The minimum atomic E-state index is 0.479. The van der Waals surface area contributed by atoms with Crippen LogP contribution in [-0.2, 0) is 0 Å². The van der Waals surface area contributed by atoms with Gasteiger partial charge in [-0.3, -0.25) is 0 Å². The predicted molar refractivity (Wildman–Crippen MR) is 62.0 cm³/mol. The highest BCUT2D eigenvalue weighted by Crippen LogP contribution is 2.25. The van der Waals surface area contributed by atoms with Gasteiger partial charge >= 0.3 is 0 Å². The number of halogens is 1. The van der Waals surface area contributed by atoms with Crippen molar-refractivity contribution in [3.63, 3.8) is 0 Å². The molecule has 15 heavy (non-hydrogen) atoms. The molecular formula is C12H11ClN2. The molecule has 0 unspecified atom stereocenters. The van der Waals surface area contributed by atoms with Crippen LogP contribution in [0.3, 0.4) is 0 Å². The Morgan fingerprint density at radius 2 is 1.60 bits per heavy atom. The highest BCUT2D eigenvalue weighted by molar-refractivity contribution is 6.30. The van der Waals surface area contributed by atoms with Crippen molar-refractivity contribution in [2.24, 2.45) is 0 Å². The first-order valence-corrected chi connectivity index (χ1v) is 5.12. The van der Waals surface area contributed by atoms with Crippen molar-refractivity contribution in [1.29, 1.82) is 0 Å². The number of rotatable bonds is 1. The first-order valence-electron chi connectivity index (χ1n) is 4.75. The van der Waals surface area contributed by atoms with E-state index >= 15 is 0 Å². The molecule has 76 valence electrons. The molecule has 1 aromatic carbocycles. The Balaban J connectivity index is 2.60. The predicted octanol–water partition coefficient (Wildman–Crippen LogP) is 3.41. The van der Waals surface area contributed by atoms with Gasteiger partial charge in [-0.05, 0) is 25.0 Å². The van der Waals surface area contributed by atoms with E-state index in [9.17, 15) is 0 Å². The van der Waals surface area contributed by atoms with Crippen molar-refractivity contribution in [2.45, 2.75) is 13.8 Å². The smallest absolute Gasteiger partial charge is 0.149 e. The molecule has 2 aromatic rings. The average Bonchev–Trinajstić information content (AvgIpc) is 2.27. The van der Waals surface area contributed by atoms with Crippen LogP contribution in [0, 0.1) is 13.8 Å². The summed E-state index contributed by atoms with van der Waals surface area (Å²) in [5.41, 5.74) is 4.05. The maximum Gasteiger partial charge on any atom is 0.154 e. The van der Waals surface area contributed by atoms with Gasteiger partial charge in [0, 0.05) is 5.56 Å². The molecule has 0 saturated carbocycles. The molecule has 0 bridgehead atoms. The molecule has 1 aromatic heterocycles. The lowest BCUT2D eigenvalue weighted by molar-refractivity contribution is 1.00. The zero-order valence-corrected chi connectivity index (χ0v) is 9.42. The molecule has 0 aliphatic heterocycles. The summed E-state index contributed by atoms with van der Waals surface area (Å²) < 4.78 is 0. The average molecular weight is 219 g/mol. The third kappa shape index (κ3) is 1.85. The molecule has 0 radical (unpaired) electrons. The molecule has 0 aliphatic carbocycles. The van der Waals surface area contributed by atoms with Crippen LogP contribution in [0.15, 0.2) is 30.3 Å². The van der Waals surface area contributed by atoms with Crippen LogP contribution in [0.4, 0.5) is 0 Å². The summed E-state index contributed by atoms with van der Waals surface area (Å²) in [6.45, 7) is 3.97. The summed E-state index contributed by atoms with van der Waals surface area (Å²) in [6.07, 6.45) is 0. The molecule has 0 fully saturated rings. The Hall–Kier alpha value is -1.41. The van der Waals surface area contributed by atoms with E-state index in [4.69, 9.17) is 11.6 Å². The minimum Gasteiger partial charge on any atom is -0.149 e. The van der Waals surface area contributed by atoms with Crippen LogP contribution in [0.1, 0.15) is 11.1 Å². The fraction of sp³-hybridized carbons (Fsp3) is 0.167. The zero-order valence-electron chi connectivity index (χ0n) is 8.66.